The summed E-state index contributed by atoms with van der Waals surface area (Å²) in [5, 5.41) is 4.10. The summed E-state index contributed by atoms with van der Waals surface area (Å²) in [7, 11) is 0. The van der Waals surface area contributed by atoms with Gasteiger partial charge in [-0.2, -0.15) is 5.10 Å². The zero-order valence-corrected chi connectivity index (χ0v) is 9.45. The molecule has 3 rings (SSSR count). The standard InChI is InChI=1S/C13H10N4O/c18-13(17-8-7-14-9-17)12-6-5-10-3-1-2-4-11(10)15-16-12/h1-9,15H. The molecule has 2 aromatic rings. The summed E-state index contributed by atoms with van der Waals surface area (Å²) in [6, 6.07) is 7.72. The van der Waals surface area contributed by atoms with E-state index in [1.165, 1.54) is 10.9 Å². The van der Waals surface area contributed by atoms with Crippen LogP contribution in [0.3, 0.4) is 0 Å². The summed E-state index contributed by atoms with van der Waals surface area (Å²) in [6.07, 6.45) is 8.17. The highest BCUT2D eigenvalue weighted by Crippen LogP contribution is 2.18. The minimum absolute atomic E-state index is 0.218. The number of nitrogens with zero attached hydrogens (tertiary/aromatic N) is 3. The van der Waals surface area contributed by atoms with Crippen LogP contribution in [0.1, 0.15) is 10.4 Å². The van der Waals surface area contributed by atoms with Crippen molar-refractivity contribution in [3.63, 3.8) is 0 Å². The van der Waals surface area contributed by atoms with E-state index in [4.69, 9.17) is 0 Å². The van der Waals surface area contributed by atoms with Crippen molar-refractivity contribution in [3.8, 4) is 0 Å². The van der Waals surface area contributed by atoms with Crippen LogP contribution in [-0.4, -0.2) is 21.2 Å². The molecular weight excluding hydrogens is 228 g/mol. The van der Waals surface area contributed by atoms with Crippen LogP contribution in [0.4, 0.5) is 5.69 Å². The summed E-state index contributed by atoms with van der Waals surface area (Å²) in [6.45, 7) is 0. The van der Waals surface area contributed by atoms with Crippen LogP contribution in [0.15, 0.2) is 54.2 Å². The van der Waals surface area contributed by atoms with Crippen molar-refractivity contribution in [2.24, 2.45) is 5.10 Å². The van der Waals surface area contributed by atoms with E-state index in [9.17, 15) is 4.79 Å². The maximum atomic E-state index is 12.1. The zero-order chi connectivity index (χ0) is 12.4. The molecule has 0 aliphatic carbocycles. The molecule has 1 N–H and O–H groups in total. The SMILES string of the molecule is O=C(C1=NNc2ccccc2C=C1)n1ccnc1. The van der Waals surface area contributed by atoms with Crippen LogP contribution in [-0.2, 0) is 0 Å². The number of carbonyl (C=O) groups excluding carboxylic acids is 1. The molecule has 0 fully saturated rings. The number of aromatic nitrogens is 2. The lowest BCUT2D eigenvalue weighted by molar-refractivity contribution is 0.0991. The first-order chi connectivity index (χ1) is 8.84. The van der Waals surface area contributed by atoms with Gasteiger partial charge in [0.05, 0.1) is 5.69 Å². The minimum atomic E-state index is -0.218. The number of allylic oxidation sites excluding steroid dienone is 1. The average molecular weight is 238 g/mol. The molecule has 2 heterocycles. The molecule has 1 aromatic heterocycles. The molecular formula is C13H10N4O. The van der Waals surface area contributed by atoms with Crippen LogP contribution in [0.25, 0.3) is 6.08 Å². The van der Waals surface area contributed by atoms with Gasteiger partial charge in [-0.05, 0) is 17.7 Å². The van der Waals surface area contributed by atoms with Gasteiger partial charge in [0, 0.05) is 12.4 Å². The van der Waals surface area contributed by atoms with Gasteiger partial charge in [0.25, 0.3) is 5.91 Å². The number of imidazole rings is 1. The molecule has 5 heteroatoms. The second-order valence-electron chi connectivity index (χ2n) is 3.80. The predicted molar refractivity (Wildman–Crippen MR) is 69.4 cm³/mol. The molecule has 5 nitrogen and oxygen atoms in total. The number of carbonyl (C=O) groups is 1. The van der Waals surface area contributed by atoms with Crippen LogP contribution in [0.2, 0.25) is 0 Å². The van der Waals surface area contributed by atoms with Crippen molar-refractivity contribution in [1.29, 1.82) is 0 Å². The number of hydrazone groups is 1. The molecule has 0 saturated heterocycles. The van der Waals surface area contributed by atoms with Gasteiger partial charge >= 0.3 is 0 Å². The average Bonchev–Trinajstić information content (AvgIpc) is 2.85. The third-order valence-corrected chi connectivity index (χ3v) is 2.64. The third kappa shape index (κ3) is 1.82. The van der Waals surface area contributed by atoms with Gasteiger partial charge in [-0.15, -0.1) is 0 Å². The highest BCUT2D eigenvalue weighted by atomic mass is 16.2. The van der Waals surface area contributed by atoms with Gasteiger partial charge in [-0.25, -0.2) is 4.98 Å². The van der Waals surface area contributed by atoms with Crippen LogP contribution in [0, 0.1) is 0 Å². The van der Waals surface area contributed by atoms with E-state index in [2.05, 4.69) is 15.5 Å². The van der Waals surface area contributed by atoms with Crippen molar-refractivity contribution in [2.45, 2.75) is 0 Å². The molecule has 0 amide bonds. The monoisotopic (exact) mass is 238 g/mol. The molecule has 18 heavy (non-hydrogen) atoms. The van der Waals surface area contributed by atoms with Crippen LogP contribution in [0.5, 0.6) is 0 Å². The van der Waals surface area contributed by atoms with Crippen molar-refractivity contribution in [2.75, 3.05) is 5.43 Å². The summed E-state index contributed by atoms with van der Waals surface area (Å²) in [4.78, 5) is 15.9. The Morgan fingerprint density at radius 3 is 2.94 bits per heavy atom. The second kappa shape index (κ2) is 4.29. The normalized spacial score (nSPS) is 13.2. The van der Waals surface area contributed by atoms with Gasteiger partial charge in [-0.1, -0.05) is 24.3 Å². The van der Waals surface area contributed by atoms with E-state index >= 15 is 0 Å². The highest BCUT2D eigenvalue weighted by Gasteiger charge is 2.13. The van der Waals surface area contributed by atoms with E-state index in [0.29, 0.717) is 5.71 Å². The lowest BCUT2D eigenvalue weighted by atomic mass is 10.1. The fraction of sp³-hybridized carbons (Fsp3) is 0. The summed E-state index contributed by atoms with van der Waals surface area (Å²) >= 11 is 0. The van der Waals surface area contributed by atoms with E-state index < -0.39 is 0 Å². The minimum Gasteiger partial charge on any atom is -0.277 e. The Bertz CT molecular complexity index is 641. The highest BCUT2D eigenvalue weighted by molar-refractivity contribution is 6.45. The molecule has 88 valence electrons. The first-order valence-electron chi connectivity index (χ1n) is 5.48. The lowest BCUT2D eigenvalue weighted by Gasteiger charge is -2.02. The van der Waals surface area contributed by atoms with Gasteiger partial charge in [0.1, 0.15) is 12.0 Å². The fourth-order valence-electron chi connectivity index (χ4n) is 1.70. The largest absolute Gasteiger partial charge is 0.283 e. The Kier molecular flexibility index (Phi) is 2.49. The van der Waals surface area contributed by atoms with E-state index in [1.807, 2.05) is 30.3 Å². The first kappa shape index (κ1) is 10.5. The van der Waals surface area contributed by atoms with Crippen molar-refractivity contribution < 1.29 is 4.79 Å². The second-order valence-corrected chi connectivity index (χ2v) is 3.80. The van der Waals surface area contributed by atoms with Gasteiger partial charge in [-0.3, -0.25) is 14.8 Å². The Morgan fingerprint density at radius 2 is 2.11 bits per heavy atom. The number of nitrogens with one attached hydrogen (secondary N) is 1. The number of anilines is 1. The molecule has 0 spiro atoms. The van der Waals surface area contributed by atoms with Crippen molar-refractivity contribution >= 4 is 23.4 Å². The Balaban J connectivity index is 1.93. The summed E-state index contributed by atoms with van der Waals surface area (Å²) in [5.41, 5.74) is 5.10. The molecule has 1 aliphatic rings. The molecule has 0 unspecified atom stereocenters. The molecule has 0 radical (unpaired) electrons. The number of benzene rings is 1. The predicted octanol–water partition coefficient (Wildman–Crippen LogP) is 2.02. The number of hydrogen-bond donors (Lipinski definition) is 1. The molecule has 1 aliphatic heterocycles. The van der Waals surface area contributed by atoms with Gasteiger partial charge < -0.3 is 0 Å². The quantitative estimate of drug-likeness (QED) is 0.826. The summed E-state index contributed by atoms with van der Waals surface area (Å²) in [5.74, 6) is -0.218. The van der Waals surface area contributed by atoms with Crippen molar-refractivity contribution in [3.05, 3.63) is 54.6 Å². The Labute approximate surface area is 103 Å². The van der Waals surface area contributed by atoms with Crippen molar-refractivity contribution in [1.82, 2.24) is 9.55 Å². The maximum absolute atomic E-state index is 12.1. The number of hydrogen-bond acceptors (Lipinski definition) is 4. The van der Waals surface area contributed by atoms with Crippen LogP contribution < -0.4 is 5.43 Å². The zero-order valence-electron chi connectivity index (χ0n) is 9.45. The third-order valence-electron chi connectivity index (χ3n) is 2.64. The van der Waals surface area contributed by atoms with E-state index in [-0.39, 0.29) is 5.91 Å². The molecule has 0 atom stereocenters. The topological polar surface area (TPSA) is 59.3 Å². The molecule has 0 saturated carbocycles. The van der Waals surface area contributed by atoms with Gasteiger partial charge in [0.15, 0.2) is 0 Å². The Hall–Kier alpha value is -2.69. The Morgan fingerprint density at radius 1 is 1.22 bits per heavy atom. The van der Waals surface area contributed by atoms with Crippen LogP contribution >= 0.6 is 0 Å². The number of rotatable bonds is 1. The number of para-hydroxylation sites is 1. The maximum Gasteiger partial charge on any atom is 0.283 e. The van der Waals surface area contributed by atoms with E-state index in [1.54, 1.807) is 18.5 Å². The summed E-state index contributed by atoms with van der Waals surface area (Å²) < 4.78 is 1.39. The lowest BCUT2D eigenvalue weighted by Crippen LogP contribution is -2.19. The van der Waals surface area contributed by atoms with E-state index in [0.717, 1.165) is 11.3 Å². The van der Waals surface area contributed by atoms with Gasteiger partial charge in [0.2, 0.25) is 0 Å². The number of fused-ring (bicyclic) bond motifs is 1. The molecule has 0 bridgehead atoms. The fourth-order valence-corrected chi connectivity index (χ4v) is 1.70. The first-order valence-corrected chi connectivity index (χ1v) is 5.48. The smallest absolute Gasteiger partial charge is 0.277 e. The molecule has 1 aromatic carbocycles.